The molecule has 1 amide bonds. The van der Waals surface area contributed by atoms with Crippen LogP contribution in [-0.2, 0) is 38.1 Å². The zero-order valence-electron chi connectivity index (χ0n) is 17.0. The summed E-state index contributed by atoms with van der Waals surface area (Å²) in [5, 5.41) is 3.30. The smallest absolute Gasteiger partial charge is 0.303 e. The number of pyridine rings is 1. The van der Waals surface area contributed by atoms with Gasteiger partial charge in [0.1, 0.15) is 24.2 Å². The van der Waals surface area contributed by atoms with Crippen molar-refractivity contribution >= 4 is 35.6 Å². The van der Waals surface area contributed by atoms with Crippen LogP contribution in [0.15, 0.2) is 29.4 Å². The Morgan fingerprint density at radius 1 is 1.03 bits per heavy atom. The van der Waals surface area contributed by atoms with Crippen molar-refractivity contribution in [2.24, 2.45) is 0 Å². The second-order valence-electron chi connectivity index (χ2n) is 6.51. The van der Waals surface area contributed by atoms with Crippen LogP contribution in [0, 0.1) is 0 Å². The number of amides is 1. The van der Waals surface area contributed by atoms with Crippen molar-refractivity contribution in [3.63, 3.8) is 0 Å². The van der Waals surface area contributed by atoms with E-state index in [1.807, 2.05) is 0 Å². The minimum Gasteiger partial charge on any atom is -0.463 e. The average Bonchev–Trinajstić information content (AvgIpc) is 2.64. The SMILES string of the molecule is CC(=O)NC1C(OC(C)=O)[C@H](OC(C)=O)C(COC(C)=O)O[C@H]1Sc1ccccn1. The van der Waals surface area contributed by atoms with Gasteiger partial charge in [-0.3, -0.25) is 19.2 Å². The molecule has 1 aliphatic heterocycles. The van der Waals surface area contributed by atoms with Gasteiger partial charge in [0, 0.05) is 33.9 Å². The lowest BCUT2D eigenvalue weighted by molar-refractivity contribution is -0.211. The number of carbonyl (C=O) groups excluding carboxylic acids is 4. The van der Waals surface area contributed by atoms with E-state index in [1.54, 1.807) is 24.4 Å². The van der Waals surface area contributed by atoms with Crippen molar-refractivity contribution in [1.29, 1.82) is 0 Å². The standard InChI is InChI=1S/C19H24N2O8S/c1-10(22)21-16-18(28-13(4)25)17(27-12(3)24)14(9-26-11(2)23)29-19(16)30-15-7-5-6-8-20-15/h5-8,14,16-19H,9H2,1-4H3,(H,21,22)/t14?,16?,17-,18?,19+/m1/s1. The summed E-state index contributed by atoms with van der Waals surface area (Å²) in [6.45, 7) is 4.69. The summed E-state index contributed by atoms with van der Waals surface area (Å²) in [6, 6.07) is 4.42. The van der Waals surface area contributed by atoms with Crippen molar-refractivity contribution < 1.29 is 38.1 Å². The lowest BCUT2D eigenvalue weighted by atomic mass is 9.97. The second kappa shape index (κ2) is 10.9. The molecule has 1 aromatic heterocycles. The highest BCUT2D eigenvalue weighted by Crippen LogP contribution is 2.35. The fourth-order valence-corrected chi connectivity index (χ4v) is 4.01. The van der Waals surface area contributed by atoms with E-state index in [9.17, 15) is 19.2 Å². The Hall–Kier alpha value is -2.66. The third kappa shape index (κ3) is 6.99. The van der Waals surface area contributed by atoms with Gasteiger partial charge in [-0.25, -0.2) is 4.98 Å². The van der Waals surface area contributed by atoms with Crippen molar-refractivity contribution in [3.8, 4) is 0 Å². The van der Waals surface area contributed by atoms with Crippen molar-refractivity contribution in [3.05, 3.63) is 24.4 Å². The maximum atomic E-state index is 11.9. The molecule has 164 valence electrons. The fraction of sp³-hybridized carbons (Fsp3) is 0.526. The van der Waals surface area contributed by atoms with E-state index in [0.717, 1.165) is 0 Å². The van der Waals surface area contributed by atoms with Crippen LogP contribution in [0.2, 0.25) is 0 Å². The number of carbonyl (C=O) groups is 4. The molecule has 3 unspecified atom stereocenters. The van der Waals surface area contributed by atoms with Gasteiger partial charge >= 0.3 is 17.9 Å². The monoisotopic (exact) mass is 440 g/mol. The Balaban J connectivity index is 2.42. The van der Waals surface area contributed by atoms with E-state index in [2.05, 4.69) is 10.3 Å². The van der Waals surface area contributed by atoms with Gasteiger partial charge in [0.05, 0.1) is 5.03 Å². The van der Waals surface area contributed by atoms with Gasteiger partial charge in [0.15, 0.2) is 12.2 Å². The first-order chi connectivity index (χ1) is 14.2. The Morgan fingerprint density at radius 2 is 1.70 bits per heavy atom. The summed E-state index contributed by atoms with van der Waals surface area (Å²) in [5.74, 6) is -2.23. The van der Waals surface area contributed by atoms with Crippen molar-refractivity contribution in [1.82, 2.24) is 10.3 Å². The minimum absolute atomic E-state index is 0.239. The highest BCUT2D eigenvalue weighted by Gasteiger charge is 2.51. The minimum atomic E-state index is -1.11. The third-order valence-electron chi connectivity index (χ3n) is 3.95. The van der Waals surface area contributed by atoms with Gasteiger partial charge in [0.2, 0.25) is 5.91 Å². The molecule has 0 aliphatic carbocycles. The number of hydrogen-bond acceptors (Lipinski definition) is 10. The van der Waals surface area contributed by atoms with Crippen LogP contribution in [0.25, 0.3) is 0 Å². The van der Waals surface area contributed by atoms with Crippen molar-refractivity contribution in [2.45, 2.75) is 62.5 Å². The Morgan fingerprint density at radius 3 is 2.23 bits per heavy atom. The van der Waals surface area contributed by atoms with Crippen LogP contribution in [0.1, 0.15) is 27.7 Å². The molecule has 1 N–H and O–H groups in total. The molecule has 1 aromatic rings. The first-order valence-electron chi connectivity index (χ1n) is 9.15. The number of ether oxygens (including phenoxy) is 4. The molecule has 0 bridgehead atoms. The van der Waals surface area contributed by atoms with E-state index in [-0.39, 0.29) is 6.61 Å². The third-order valence-corrected chi connectivity index (χ3v) is 5.07. The number of nitrogens with one attached hydrogen (secondary N) is 1. The van der Waals surface area contributed by atoms with Crippen molar-refractivity contribution in [2.75, 3.05) is 6.61 Å². The molecule has 0 saturated carbocycles. The van der Waals surface area contributed by atoms with E-state index in [0.29, 0.717) is 5.03 Å². The summed E-state index contributed by atoms with van der Waals surface area (Å²) >= 11 is 1.18. The number of esters is 3. The largest absolute Gasteiger partial charge is 0.463 e. The molecule has 1 saturated heterocycles. The van der Waals surface area contributed by atoms with E-state index in [4.69, 9.17) is 18.9 Å². The second-order valence-corrected chi connectivity index (χ2v) is 7.62. The molecule has 1 fully saturated rings. The summed E-state index contributed by atoms with van der Waals surface area (Å²) in [4.78, 5) is 50.9. The Labute approximate surface area is 178 Å². The van der Waals surface area contributed by atoms with Crippen LogP contribution in [0.4, 0.5) is 0 Å². The highest BCUT2D eigenvalue weighted by molar-refractivity contribution is 7.99. The molecule has 5 atom stereocenters. The zero-order valence-corrected chi connectivity index (χ0v) is 17.8. The molecule has 11 heteroatoms. The van der Waals surface area contributed by atoms with Crippen LogP contribution in [0.3, 0.4) is 0 Å². The maximum absolute atomic E-state index is 11.9. The quantitative estimate of drug-likeness (QED) is 0.480. The Kier molecular flexibility index (Phi) is 8.60. The van der Waals surface area contributed by atoms with Crippen LogP contribution in [-0.4, -0.2) is 65.2 Å². The van der Waals surface area contributed by atoms with E-state index in [1.165, 1.54) is 39.5 Å². The lowest BCUT2D eigenvalue weighted by Crippen LogP contribution is -2.65. The van der Waals surface area contributed by atoms with Gasteiger partial charge in [-0.1, -0.05) is 17.8 Å². The molecular weight excluding hydrogens is 416 g/mol. The first kappa shape index (κ1) is 23.6. The fourth-order valence-electron chi connectivity index (χ4n) is 2.93. The van der Waals surface area contributed by atoms with Crippen LogP contribution >= 0.6 is 11.8 Å². The summed E-state index contributed by atoms with van der Waals surface area (Å²) in [5.41, 5.74) is -0.777. The average molecular weight is 440 g/mol. The maximum Gasteiger partial charge on any atom is 0.303 e. The van der Waals surface area contributed by atoms with E-state index < -0.39 is 53.6 Å². The van der Waals surface area contributed by atoms with Crippen LogP contribution in [0.5, 0.6) is 0 Å². The molecule has 2 rings (SSSR count). The lowest BCUT2D eigenvalue weighted by Gasteiger charge is -2.44. The molecular formula is C19H24N2O8S. The summed E-state index contributed by atoms with van der Waals surface area (Å²) in [6.07, 6.45) is -1.53. The highest BCUT2D eigenvalue weighted by atomic mass is 32.2. The molecule has 0 spiro atoms. The van der Waals surface area contributed by atoms with Gasteiger partial charge < -0.3 is 24.3 Å². The molecule has 30 heavy (non-hydrogen) atoms. The van der Waals surface area contributed by atoms with Gasteiger partial charge in [-0.15, -0.1) is 0 Å². The number of thioether (sulfide) groups is 1. The molecule has 0 aromatic carbocycles. The van der Waals surface area contributed by atoms with Gasteiger partial charge in [-0.2, -0.15) is 0 Å². The van der Waals surface area contributed by atoms with Gasteiger partial charge in [-0.05, 0) is 12.1 Å². The topological polar surface area (TPSA) is 130 Å². The van der Waals surface area contributed by atoms with Gasteiger partial charge in [0.25, 0.3) is 0 Å². The number of hydrogen-bond donors (Lipinski definition) is 1. The summed E-state index contributed by atoms with van der Waals surface area (Å²) < 4.78 is 21.9. The normalized spacial score (nSPS) is 25.7. The number of rotatable bonds is 7. The van der Waals surface area contributed by atoms with E-state index >= 15 is 0 Å². The number of nitrogens with zero attached hydrogens (tertiary/aromatic N) is 1. The zero-order chi connectivity index (χ0) is 22.3. The first-order valence-corrected chi connectivity index (χ1v) is 10.0. The Bertz CT molecular complexity index is 775. The molecule has 1 aliphatic rings. The summed E-state index contributed by atoms with van der Waals surface area (Å²) in [7, 11) is 0. The molecule has 2 heterocycles. The predicted molar refractivity (Wildman–Crippen MR) is 104 cm³/mol. The number of aromatic nitrogens is 1. The predicted octanol–water partition coefficient (Wildman–Crippen LogP) is 0.830. The molecule has 0 radical (unpaired) electrons. The van der Waals surface area contributed by atoms with Crippen LogP contribution < -0.4 is 5.32 Å². The molecule has 10 nitrogen and oxygen atoms in total.